The quantitative estimate of drug-likeness (QED) is 0.274. The van der Waals surface area contributed by atoms with E-state index in [0.29, 0.717) is 36.7 Å². The molecular formula is C36H40F4N4O2. The van der Waals surface area contributed by atoms with Crippen molar-refractivity contribution in [3.05, 3.63) is 94.3 Å². The molecule has 2 saturated heterocycles. The number of anilines is 2. The molecule has 3 aromatic rings. The van der Waals surface area contributed by atoms with Crippen LogP contribution < -0.4 is 10.6 Å². The number of hydrogen-bond donors (Lipinski definition) is 2. The molecule has 46 heavy (non-hydrogen) atoms. The molecule has 0 spiro atoms. The molecule has 3 aromatic carbocycles. The van der Waals surface area contributed by atoms with E-state index in [4.69, 9.17) is 0 Å². The number of carbonyl (C=O) groups excluding carboxylic acids is 2. The van der Waals surface area contributed by atoms with Gasteiger partial charge in [0, 0.05) is 36.5 Å². The molecule has 0 aromatic heterocycles. The van der Waals surface area contributed by atoms with E-state index < -0.39 is 41.3 Å². The van der Waals surface area contributed by atoms with E-state index in [-0.39, 0.29) is 28.8 Å². The Bertz CT molecular complexity index is 1580. The van der Waals surface area contributed by atoms with Crippen molar-refractivity contribution in [3.63, 3.8) is 0 Å². The first-order chi connectivity index (χ1) is 21.9. The van der Waals surface area contributed by atoms with Crippen molar-refractivity contribution in [1.29, 1.82) is 0 Å². The maximum Gasteiger partial charge on any atom is 0.416 e. The molecule has 10 heteroatoms. The summed E-state index contributed by atoms with van der Waals surface area (Å²) in [6.45, 7) is 4.26. The molecule has 6 nitrogen and oxygen atoms in total. The van der Waals surface area contributed by atoms with Crippen molar-refractivity contribution in [2.75, 3.05) is 30.8 Å². The van der Waals surface area contributed by atoms with E-state index in [0.717, 1.165) is 24.6 Å². The number of alkyl halides is 3. The number of carbonyl (C=O) groups is 2. The summed E-state index contributed by atoms with van der Waals surface area (Å²) in [5.74, 6) is -2.49. The monoisotopic (exact) mass is 636 g/mol. The van der Waals surface area contributed by atoms with Crippen molar-refractivity contribution in [1.82, 2.24) is 9.80 Å². The zero-order valence-electron chi connectivity index (χ0n) is 26.3. The Morgan fingerprint density at radius 2 is 1.59 bits per heavy atom. The fourth-order valence-electron chi connectivity index (χ4n) is 7.74. The maximum atomic E-state index is 15.3. The van der Waals surface area contributed by atoms with Crippen LogP contribution in [-0.2, 0) is 11.0 Å². The first-order valence-electron chi connectivity index (χ1n) is 16.0. The van der Waals surface area contributed by atoms with Crippen LogP contribution in [-0.4, -0.2) is 53.8 Å². The van der Waals surface area contributed by atoms with Gasteiger partial charge in [-0.15, -0.1) is 0 Å². The minimum Gasteiger partial charge on any atom is -0.382 e. The number of amides is 2. The van der Waals surface area contributed by atoms with Gasteiger partial charge in [0.2, 0.25) is 5.91 Å². The number of fused-ring (bicyclic) bond motifs is 1. The average molecular weight is 637 g/mol. The standard InChI is InChI=1S/C36H40F4N4O2/c1-21-11-14-27(18-29(21)36(38,39)40)42-34(45)28-17-24-19-43(3)20-31(24)44(35(46)32-22(2)7-6-10-30(32)37)33(28)23-12-15-26(16-13-23)41-25-8-4-5-9-25/h6-7,10-16,18,24-25,28,31,33,41H,4-5,8-9,17,19-20H2,1-3H3,(H,42,45)/t24?,28-,31+,33-/m0/s1. The first kappa shape index (κ1) is 32.0. The summed E-state index contributed by atoms with van der Waals surface area (Å²) in [4.78, 5) is 32.4. The lowest BCUT2D eigenvalue weighted by Crippen LogP contribution is -2.55. The average Bonchev–Trinajstić information content (AvgIpc) is 3.65. The van der Waals surface area contributed by atoms with E-state index in [9.17, 15) is 22.8 Å². The van der Waals surface area contributed by atoms with Gasteiger partial charge in [0.1, 0.15) is 5.82 Å². The number of rotatable bonds is 6. The van der Waals surface area contributed by atoms with E-state index >= 15 is 4.39 Å². The summed E-state index contributed by atoms with van der Waals surface area (Å²) in [7, 11) is 1.95. The summed E-state index contributed by atoms with van der Waals surface area (Å²) in [5, 5.41) is 6.32. The number of piperidine rings is 1. The summed E-state index contributed by atoms with van der Waals surface area (Å²) >= 11 is 0. The first-order valence-corrected chi connectivity index (χ1v) is 16.0. The largest absolute Gasteiger partial charge is 0.416 e. The zero-order valence-corrected chi connectivity index (χ0v) is 26.3. The Hall–Kier alpha value is -3.92. The number of benzene rings is 3. The molecule has 1 saturated carbocycles. The highest BCUT2D eigenvalue weighted by atomic mass is 19.4. The number of nitrogens with zero attached hydrogens (tertiary/aromatic N) is 2. The summed E-state index contributed by atoms with van der Waals surface area (Å²) in [6, 6.07) is 15.3. The van der Waals surface area contributed by atoms with Crippen LogP contribution in [0, 0.1) is 31.5 Å². The van der Waals surface area contributed by atoms with Crippen molar-refractivity contribution in [2.45, 2.75) is 70.3 Å². The lowest BCUT2D eigenvalue weighted by molar-refractivity contribution is -0.138. The minimum atomic E-state index is -4.57. The number of likely N-dealkylation sites (N-methyl/N-ethyl adjacent to an activating group) is 1. The van der Waals surface area contributed by atoms with Gasteiger partial charge in [-0.1, -0.05) is 43.2 Å². The van der Waals surface area contributed by atoms with Crippen LogP contribution in [0.3, 0.4) is 0 Å². The fraction of sp³-hybridized carbons (Fsp3) is 0.444. The third kappa shape index (κ3) is 6.36. The molecule has 2 aliphatic heterocycles. The number of likely N-dealkylation sites (tertiary alicyclic amines) is 2. The summed E-state index contributed by atoms with van der Waals surface area (Å²) < 4.78 is 56.5. The second-order valence-corrected chi connectivity index (χ2v) is 13.2. The van der Waals surface area contributed by atoms with Gasteiger partial charge in [0.15, 0.2) is 0 Å². The zero-order chi connectivity index (χ0) is 32.7. The van der Waals surface area contributed by atoms with E-state index in [2.05, 4.69) is 15.5 Å². The lowest BCUT2D eigenvalue weighted by atomic mass is 9.76. The molecule has 0 radical (unpaired) electrons. The predicted octanol–water partition coefficient (Wildman–Crippen LogP) is 7.59. The molecule has 0 bridgehead atoms. The predicted molar refractivity (Wildman–Crippen MR) is 170 cm³/mol. The highest BCUT2D eigenvalue weighted by molar-refractivity contribution is 5.98. The second kappa shape index (κ2) is 12.7. The van der Waals surface area contributed by atoms with Gasteiger partial charge in [-0.2, -0.15) is 13.2 Å². The van der Waals surface area contributed by atoms with E-state index in [1.807, 2.05) is 31.3 Å². The van der Waals surface area contributed by atoms with Crippen LogP contribution >= 0.6 is 0 Å². The fourth-order valence-corrected chi connectivity index (χ4v) is 7.74. The molecular weight excluding hydrogens is 596 g/mol. The van der Waals surface area contributed by atoms with Crippen molar-refractivity contribution in [2.24, 2.45) is 11.8 Å². The Labute approximate surface area is 267 Å². The van der Waals surface area contributed by atoms with Gasteiger partial charge in [-0.3, -0.25) is 9.59 Å². The molecule has 3 fully saturated rings. The molecule has 6 rings (SSSR count). The topological polar surface area (TPSA) is 64.7 Å². The second-order valence-electron chi connectivity index (χ2n) is 13.2. The SMILES string of the molecule is Cc1ccc(NC(=O)[C@H]2CC3CN(C)C[C@H]3N(C(=O)c3c(C)cccc3F)[C@H]2c2ccc(NC3CCCC3)cc2)cc1C(F)(F)F. The summed E-state index contributed by atoms with van der Waals surface area (Å²) in [6.07, 6.45) is 0.416. The number of hydrogen-bond acceptors (Lipinski definition) is 4. The third-order valence-corrected chi connectivity index (χ3v) is 9.98. The molecule has 2 heterocycles. The molecule has 244 valence electrons. The Kier molecular flexibility index (Phi) is 8.85. The smallest absolute Gasteiger partial charge is 0.382 e. The molecule has 4 atom stereocenters. The van der Waals surface area contributed by atoms with Crippen LogP contribution in [0.25, 0.3) is 0 Å². The van der Waals surface area contributed by atoms with Gasteiger partial charge >= 0.3 is 6.18 Å². The van der Waals surface area contributed by atoms with Crippen molar-refractivity contribution in [3.8, 4) is 0 Å². The lowest BCUT2D eigenvalue weighted by Gasteiger charge is -2.47. The Balaban J connectivity index is 1.41. The van der Waals surface area contributed by atoms with Gasteiger partial charge in [-0.25, -0.2) is 4.39 Å². The number of halogens is 4. The molecule has 3 aliphatic rings. The highest BCUT2D eigenvalue weighted by Gasteiger charge is 2.51. The van der Waals surface area contributed by atoms with Gasteiger partial charge in [0.05, 0.1) is 23.1 Å². The normalized spacial score (nSPS) is 23.8. The highest BCUT2D eigenvalue weighted by Crippen LogP contribution is 2.46. The maximum absolute atomic E-state index is 15.3. The third-order valence-electron chi connectivity index (χ3n) is 9.98. The number of nitrogens with one attached hydrogen (secondary N) is 2. The van der Waals surface area contributed by atoms with Gasteiger partial charge in [-0.05, 0) is 93.1 Å². The van der Waals surface area contributed by atoms with Crippen LogP contribution in [0.5, 0.6) is 0 Å². The van der Waals surface area contributed by atoms with Gasteiger partial charge in [0.25, 0.3) is 5.91 Å². The van der Waals surface area contributed by atoms with Gasteiger partial charge < -0.3 is 20.4 Å². The van der Waals surface area contributed by atoms with Crippen LogP contribution in [0.4, 0.5) is 28.9 Å². The van der Waals surface area contributed by atoms with Crippen LogP contribution in [0.2, 0.25) is 0 Å². The Morgan fingerprint density at radius 1 is 0.891 bits per heavy atom. The molecule has 1 aliphatic carbocycles. The number of aryl methyl sites for hydroxylation is 2. The molecule has 1 unspecified atom stereocenters. The molecule has 2 amide bonds. The Morgan fingerprint density at radius 3 is 2.26 bits per heavy atom. The van der Waals surface area contributed by atoms with Crippen LogP contribution in [0.1, 0.15) is 70.8 Å². The summed E-state index contributed by atoms with van der Waals surface area (Å²) in [5.41, 5.74) is 1.39. The van der Waals surface area contributed by atoms with Crippen molar-refractivity contribution < 1.29 is 27.2 Å². The van der Waals surface area contributed by atoms with Crippen LogP contribution in [0.15, 0.2) is 60.7 Å². The van der Waals surface area contributed by atoms with E-state index in [1.54, 1.807) is 24.0 Å². The molecule has 2 N–H and O–H groups in total. The minimum absolute atomic E-state index is 0.0327. The van der Waals surface area contributed by atoms with Crippen molar-refractivity contribution >= 4 is 23.2 Å². The van der Waals surface area contributed by atoms with E-state index in [1.165, 1.54) is 38.0 Å².